The van der Waals surface area contributed by atoms with E-state index in [4.69, 9.17) is 0 Å². The number of carbonyl (C=O) groups excluding carboxylic acids is 1. The molecule has 0 aromatic carbocycles. The lowest BCUT2D eigenvalue weighted by atomic mass is 9.47. The molecule has 0 aliphatic heterocycles. The molecule has 6 fully saturated rings. The molecule has 12 rings (SSSR count). The largest absolute Gasteiger partial charge is 0.534 e. The maximum Gasteiger partial charge on any atom is 0.534 e. The number of hydrogen-bond acceptors (Lipinski definition) is 7. The third-order valence-electron chi connectivity index (χ3n) is 24.0. The highest BCUT2D eigenvalue weighted by Gasteiger charge is 2.62. The summed E-state index contributed by atoms with van der Waals surface area (Å²) >= 11 is 0. The topological polar surface area (TPSA) is 104 Å². The molecule has 0 saturated heterocycles. The van der Waals surface area contributed by atoms with Gasteiger partial charge < -0.3 is 8.37 Å². The molecule has 12 aliphatic carbocycles. The Labute approximate surface area is 449 Å². The molecule has 9 unspecified atom stereocenters. The first-order valence-electron chi connectivity index (χ1n) is 29.0. The zero-order valence-corrected chi connectivity index (χ0v) is 47.8. The number of alkyl halides is 6. The van der Waals surface area contributed by atoms with E-state index in [-0.39, 0.29) is 39.6 Å². The molecule has 76 heavy (non-hydrogen) atoms. The molecule has 0 aromatic rings. The molecule has 0 heterocycles. The Morgan fingerprint density at radius 1 is 0.474 bits per heavy atom. The Morgan fingerprint density at radius 2 is 0.868 bits per heavy atom. The van der Waals surface area contributed by atoms with Crippen LogP contribution in [0, 0.1) is 97.6 Å². The summed E-state index contributed by atoms with van der Waals surface area (Å²) in [6.07, 6.45) is 36.6. The average molecular weight is 1110 g/mol. The van der Waals surface area contributed by atoms with E-state index in [0.29, 0.717) is 72.4 Å². The summed E-state index contributed by atoms with van der Waals surface area (Å²) in [6, 6.07) is 0. The van der Waals surface area contributed by atoms with Crippen LogP contribution in [-0.4, -0.2) is 33.6 Å². The second kappa shape index (κ2) is 19.2. The molecule has 15 heteroatoms. The molecule has 12 aliphatic rings. The predicted molar refractivity (Wildman–Crippen MR) is 282 cm³/mol. The summed E-state index contributed by atoms with van der Waals surface area (Å²) in [5.74, 6) is 6.45. The first kappa shape index (κ1) is 56.5. The summed E-state index contributed by atoms with van der Waals surface area (Å²) in [7, 11) is -11.2. The molecule has 7 nitrogen and oxygen atoms in total. The SMILES string of the molecule is C[C@H]1CC[C@@]2(C)C(=CCC3C2CC[C@]2(C)C(=O)CCC32)C1.C[C@H]1CC[C@@]2(C)C(=CCC3C2CC[C@]2(C)C(OS(=O)(=O)C(F)(F)F)=CCC32)C1.C[C@]12CCC=CC1=CCC1C2CC[C@]2(C)C(OS(=O)(=O)C(F)(F)F)=CCC12. The van der Waals surface area contributed by atoms with Gasteiger partial charge in [-0.05, 0) is 227 Å². The van der Waals surface area contributed by atoms with E-state index in [1.807, 2.05) is 13.8 Å². The van der Waals surface area contributed by atoms with Crippen LogP contribution in [0.3, 0.4) is 0 Å². The Hall–Kier alpha value is -2.81. The highest BCUT2D eigenvalue weighted by atomic mass is 32.2. The highest BCUT2D eigenvalue weighted by Crippen LogP contribution is 2.68. The molecular formula is C61H84F6O7S2. The lowest BCUT2D eigenvalue weighted by molar-refractivity contribution is -0.131. The van der Waals surface area contributed by atoms with Crippen molar-refractivity contribution in [2.45, 2.75) is 201 Å². The fourth-order valence-electron chi connectivity index (χ4n) is 19.4. The van der Waals surface area contributed by atoms with Crippen LogP contribution in [0.2, 0.25) is 0 Å². The van der Waals surface area contributed by atoms with Gasteiger partial charge in [-0.3, -0.25) is 4.79 Å². The normalized spacial score (nSPS) is 45.2. The minimum atomic E-state index is -5.62. The van der Waals surface area contributed by atoms with Gasteiger partial charge >= 0.3 is 31.3 Å². The number of hydrogen-bond donors (Lipinski definition) is 0. The Kier molecular flexibility index (Phi) is 14.2. The van der Waals surface area contributed by atoms with Gasteiger partial charge in [0.15, 0.2) is 0 Å². The van der Waals surface area contributed by atoms with Crippen LogP contribution in [0.15, 0.2) is 70.8 Å². The Bertz CT molecular complexity index is 2750. The van der Waals surface area contributed by atoms with E-state index in [2.05, 4.69) is 80.3 Å². The summed E-state index contributed by atoms with van der Waals surface area (Å²) < 4.78 is 132. The molecule has 0 bridgehead atoms. The van der Waals surface area contributed by atoms with E-state index in [0.717, 1.165) is 75.5 Å². The van der Waals surface area contributed by atoms with Gasteiger partial charge in [0, 0.05) is 22.7 Å². The number of Topliss-reactive ketones (excluding diaryl/α,β-unsaturated/α-hetero) is 1. The summed E-state index contributed by atoms with van der Waals surface area (Å²) in [5, 5.41) is 0. The van der Waals surface area contributed by atoms with Gasteiger partial charge in [0.25, 0.3) is 0 Å². The van der Waals surface area contributed by atoms with Crippen molar-refractivity contribution in [1.29, 1.82) is 0 Å². The van der Waals surface area contributed by atoms with Crippen LogP contribution in [0.4, 0.5) is 26.3 Å². The number of fused-ring (bicyclic) bond motifs is 15. The zero-order chi connectivity index (χ0) is 55.0. The van der Waals surface area contributed by atoms with Gasteiger partial charge in [-0.1, -0.05) is 96.9 Å². The Balaban J connectivity index is 0.000000131. The fourth-order valence-corrected chi connectivity index (χ4v) is 20.6. The molecule has 0 N–H and O–H groups in total. The molecule has 424 valence electrons. The van der Waals surface area contributed by atoms with Crippen molar-refractivity contribution in [2.24, 2.45) is 97.6 Å². The van der Waals surface area contributed by atoms with Gasteiger partial charge in [-0.2, -0.15) is 43.2 Å². The third-order valence-corrected chi connectivity index (χ3v) is 26.0. The first-order valence-corrected chi connectivity index (χ1v) is 31.9. The number of halogens is 6. The van der Waals surface area contributed by atoms with Crippen molar-refractivity contribution in [2.75, 3.05) is 0 Å². The fraction of sp³-hybridized carbons (Fsp3) is 0.787. The van der Waals surface area contributed by atoms with Crippen molar-refractivity contribution in [3.63, 3.8) is 0 Å². The van der Waals surface area contributed by atoms with E-state index in [1.165, 1.54) is 56.9 Å². The van der Waals surface area contributed by atoms with Gasteiger partial charge in [0.2, 0.25) is 0 Å². The van der Waals surface area contributed by atoms with Crippen LogP contribution >= 0.6 is 0 Å². The van der Waals surface area contributed by atoms with Crippen LogP contribution in [-0.2, 0) is 33.4 Å². The molecule has 0 radical (unpaired) electrons. The molecule has 17 atom stereocenters. The molecular weight excluding hydrogens is 1020 g/mol. The van der Waals surface area contributed by atoms with Gasteiger partial charge in [-0.25, -0.2) is 0 Å². The van der Waals surface area contributed by atoms with E-state index in [9.17, 15) is 48.0 Å². The minimum absolute atomic E-state index is 0.00507. The second-order valence-corrected chi connectivity index (χ2v) is 30.8. The van der Waals surface area contributed by atoms with Gasteiger partial charge in [-0.15, -0.1) is 0 Å². The average Bonchev–Trinajstić information content (AvgIpc) is 4.03. The molecule has 0 spiro atoms. The number of rotatable bonds is 4. The summed E-state index contributed by atoms with van der Waals surface area (Å²) in [5.41, 5.74) is -6.56. The first-order chi connectivity index (χ1) is 35.3. The standard InChI is InChI=1S/C21H29F3O3S.C20H25F3O3S.C20H30O/c1-13-8-10-19(2)14(12-13)4-5-15-16-6-7-18(20(16,3)11-9-17(15)19)27-28(25,26)21(22,23)24;1-18-11-4-3-5-13(18)6-7-14-15-8-9-17(19(15,2)12-10-16(14)18)26-27(24,25)20(21,22)23;1-13-8-10-19(2)14(12-13)4-5-15-16-6-7-18(21)20(16,3)11-9-17(15)19/h4,7,13,15-17H,5-6,8-12H2,1-3H3;3,5-6,9,14-16H,4,7-8,10-12H2,1-2H3;4,13,15-17H,5-12H2,1-3H3/t13-,15?,16?,17?,19-,20-;14?,15?,16?,18-,19-;13-,15?,16?,17?,19-,20-/m000/s1. The zero-order valence-electron chi connectivity index (χ0n) is 46.2. The van der Waals surface area contributed by atoms with Gasteiger partial charge in [0.1, 0.15) is 17.3 Å². The van der Waals surface area contributed by atoms with Crippen molar-refractivity contribution < 1.29 is 56.3 Å². The molecule has 0 amide bonds. The van der Waals surface area contributed by atoms with Crippen molar-refractivity contribution in [3.8, 4) is 0 Å². The van der Waals surface area contributed by atoms with Crippen molar-refractivity contribution in [1.82, 2.24) is 0 Å². The quantitative estimate of drug-likeness (QED) is 0.120. The summed E-state index contributed by atoms with van der Waals surface area (Å²) in [6.45, 7) is 18.0. The second-order valence-electron chi connectivity index (χ2n) is 27.8. The highest BCUT2D eigenvalue weighted by molar-refractivity contribution is 7.88. The van der Waals surface area contributed by atoms with Crippen LogP contribution in [0.25, 0.3) is 0 Å². The van der Waals surface area contributed by atoms with Crippen LogP contribution in [0.1, 0.15) is 190 Å². The summed E-state index contributed by atoms with van der Waals surface area (Å²) in [4.78, 5) is 12.4. The van der Waals surface area contributed by atoms with Crippen LogP contribution < -0.4 is 0 Å². The molecule has 0 aromatic heterocycles. The van der Waals surface area contributed by atoms with Crippen molar-refractivity contribution >= 4 is 26.0 Å². The lowest BCUT2D eigenvalue weighted by Crippen LogP contribution is -2.50. The monoisotopic (exact) mass is 1110 g/mol. The number of ketones is 1. The Morgan fingerprint density at radius 3 is 1.33 bits per heavy atom. The minimum Gasteiger partial charge on any atom is -0.380 e. The van der Waals surface area contributed by atoms with Crippen LogP contribution in [0.5, 0.6) is 0 Å². The van der Waals surface area contributed by atoms with E-state index in [1.54, 1.807) is 23.3 Å². The number of allylic oxidation sites excluding steroid dienone is 12. The van der Waals surface area contributed by atoms with E-state index < -0.39 is 42.1 Å². The maximum atomic E-state index is 12.8. The predicted octanol–water partition coefficient (Wildman–Crippen LogP) is 16.6. The number of carbonyl (C=O) groups is 1. The van der Waals surface area contributed by atoms with Gasteiger partial charge in [0.05, 0.1) is 0 Å². The molecule has 6 saturated carbocycles. The smallest absolute Gasteiger partial charge is 0.380 e. The third kappa shape index (κ3) is 9.02. The van der Waals surface area contributed by atoms with E-state index >= 15 is 0 Å². The lowest BCUT2D eigenvalue weighted by Gasteiger charge is -2.57. The van der Waals surface area contributed by atoms with Crippen molar-refractivity contribution in [3.05, 3.63) is 70.8 Å². The maximum absolute atomic E-state index is 12.8.